The lowest BCUT2D eigenvalue weighted by Crippen LogP contribution is -2.45. The third-order valence-corrected chi connectivity index (χ3v) is 5.08. The molecule has 3 nitrogen and oxygen atoms in total. The van der Waals surface area contributed by atoms with E-state index in [1.54, 1.807) is 7.11 Å². The van der Waals surface area contributed by atoms with Crippen LogP contribution in [0.5, 0.6) is 0 Å². The second kappa shape index (κ2) is 5.71. The summed E-state index contributed by atoms with van der Waals surface area (Å²) in [4.78, 5) is 0. The van der Waals surface area contributed by atoms with Gasteiger partial charge in [0.1, 0.15) is 0 Å². The fraction of sp³-hybridized carbons (Fsp3) is 1.00. The number of ether oxygens (including phenoxy) is 2. The Kier molecular flexibility index (Phi) is 4.53. The summed E-state index contributed by atoms with van der Waals surface area (Å²) in [6.07, 6.45) is 4.47. The topological polar surface area (TPSA) is 44.5 Å². The van der Waals surface area contributed by atoms with Gasteiger partial charge in [-0.25, -0.2) is 0 Å². The summed E-state index contributed by atoms with van der Waals surface area (Å²) in [5, 5.41) is 0. The van der Waals surface area contributed by atoms with Gasteiger partial charge in [0, 0.05) is 32.1 Å². The first-order valence-corrected chi connectivity index (χ1v) is 7.37. The van der Waals surface area contributed by atoms with Gasteiger partial charge in [-0.15, -0.1) is 0 Å². The van der Waals surface area contributed by atoms with Crippen LogP contribution in [0.2, 0.25) is 0 Å². The Bertz CT molecular complexity index is 219. The summed E-state index contributed by atoms with van der Waals surface area (Å²) in [5.41, 5.74) is 6.41. The Hall–Kier alpha value is 0.230. The van der Waals surface area contributed by atoms with Gasteiger partial charge in [-0.2, -0.15) is 11.8 Å². The summed E-state index contributed by atoms with van der Waals surface area (Å²) in [6, 6.07) is 0.284. The Morgan fingerprint density at radius 3 is 3.19 bits per heavy atom. The van der Waals surface area contributed by atoms with E-state index in [9.17, 15) is 0 Å². The molecule has 0 aromatic heterocycles. The van der Waals surface area contributed by atoms with Crippen LogP contribution in [-0.2, 0) is 9.47 Å². The summed E-state index contributed by atoms with van der Waals surface area (Å²) >= 11 is 2.02. The lowest BCUT2D eigenvalue weighted by Gasteiger charge is -2.40. The molecule has 2 heterocycles. The van der Waals surface area contributed by atoms with Crippen LogP contribution in [0.1, 0.15) is 25.7 Å². The minimum absolute atomic E-state index is 0.165. The highest BCUT2D eigenvalue weighted by atomic mass is 32.2. The van der Waals surface area contributed by atoms with Crippen LogP contribution < -0.4 is 5.73 Å². The molecule has 0 saturated carbocycles. The zero-order valence-electron chi connectivity index (χ0n) is 10.1. The lowest BCUT2D eigenvalue weighted by atomic mass is 9.80. The van der Waals surface area contributed by atoms with Crippen molar-refractivity contribution in [1.82, 2.24) is 0 Å². The van der Waals surface area contributed by atoms with Gasteiger partial charge in [0.15, 0.2) is 0 Å². The Balaban J connectivity index is 1.85. The molecule has 0 aromatic rings. The van der Waals surface area contributed by atoms with Gasteiger partial charge in [0.05, 0.1) is 5.60 Å². The molecule has 3 atom stereocenters. The molecule has 0 amide bonds. The van der Waals surface area contributed by atoms with E-state index in [4.69, 9.17) is 15.2 Å². The van der Waals surface area contributed by atoms with E-state index >= 15 is 0 Å². The highest BCUT2D eigenvalue weighted by molar-refractivity contribution is 7.99. The second-order valence-electron chi connectivity index (χ2n) is 5.03. The molecule has 16 heavy (non-hydrogen) atoms. The maximum Gasteiger partial charge on any atom is 0.0783 e. The molecule has 4 heteroatoms. The van der Waals surface area contributed by atoms with Gasteiger partial charge in [0.25, 0.3) is 0 Å². The molecule has 2 rings (SSSR count). The van der Waals surface area contributed by atoms with Gasteiger partial charge >= 0.3 is 0 Å². The smallest absolute Gasteiger partial charge is 0.0783 e. The van der Waals surface area contributed by atoms with Crippen molar-refractivity contribution in [3.05, 3.63) is 0 Å². The standard InChI is InChI=1S/C12H23NO2S/c1-14-5-3-11(13)10-2-6-15-12(8-10)4-7-16-9-12/h10-11H,2-9,13H2,1H3. The van der Waals surface area contributed by atoms with E-state index in [1.807, 2.05) is 11.8 Å². The van der Waals surface area contributed by atoms with Crippen molar-refractivity contribution in [2.24, 2.45) is 11.7 Å². The fourth-order valence-corrected chi connectivity index (χ4v) is 4.16. The van der Waals surface area contributed by atoms with Crippen molar-refractivity contribution in [3.63, 3.8) is 0 Å². The number of rotatable bonds is 4. The largest absolute Gasteiger partial charge is 0.385 e. The SMILES string of the molecule is COCCC(N)C1CCOC2(CCSC2)C1. The van der Waals surface area contributed by atoms with Crippen LogP contribution in [0.3, 0.4) is 0 Å². The molecular formula is C12H23NO2S. The van der Waals surface area contributed by atoms with Gasteiger partial charge < -0.3 is 15.2 Å². The van der Waals surface area contributed by atoms with Gasteiger partial charge in [-0.3, -0.25) is 0 Å². The maximum atomic E-state index is 6.24. The van der Waals surface area contributed by atoms with Gasteiger partial charge in [0.2, 0.25) is 0 Å². The summed E-state index contributed by atoms with van der Waals surface area (Å²) < 4.78 is 11.1. The van der Waals surface area contributed by atoms with Crippen LogP contribution >= 0.6 is 11.8 Å². The quantitative estimate of drug-likeness (QED) is 0.818. The monoisotopic (exact) mass is 245 g/mol. The minimum atomic E-state index is 0.165. The molecule has 2 saturated heterocycles. The third-order valence-electron chi connectivity index (χ3n) is 3.86. The average molecular weight is 245 g/mol. The highest BCUT2D eigenvalue weighted by Crippen LogP contribution is 2.41. The first-order valence-electron chi connectivity index (χ1n) is 6.22. The molecule has 94 valence electrons. The molecule has 2 N–H and O–H groups in total. The molecule has 2 aliphatic heterocycles. The summed E-state index contributed by atoms with van der Waals surface area (Å²) in [7, 11) is 1.74. The third kappa shape index (κ3) is 2.92. The molecule has 1 spiro atoms. The van der Waals surface area contributed by atoms with E-state index in [0.717, 1.165) is 32.5 Å². The van der Waals surface area contributed by atoms with Crippen molar-refractivity contribution >= 4 is 11.8 Å². The number of methoxy groups -OCH3 is 1. The molecule has 0 radical (unpaired) electrons. The summed E-state index contributed by atoms with van der Waals surface area (Å²) in [5.74, 6) is 3.04. The van der Waals surface area contributed by atoms with E-state index < -0.39 is 0 Å². The molecule has 0 aliphatic carbocycles. The zero-order valence-corrected chi connectivity index (χ0v) is 10.9. The highest BCUT2D eigenvalue weighted by Gasteiger charge is 2.41. The van der Waals surface area contributed by atoms with Crippen molar-refractivity contribution in [1.29, 1.82) is 0 Å². The lowest BCUT2D eigenvalue weighted by molar-refractivity contribution is -0.0841. The van der Waals surface area contributed by atoms with Crippen LogP contribution in [0, 0.1) is 5.92 Å². The van der Waals surface area contributed by atoms with Gasteiger partial charge in [-0.05, 0) is 37.4 Å². The molecule has 2 fully saturated rings. The molecule has 2 aliphatic rings. The number of hydrogen-bond donors (Lipinski definition) is 1. The van der Waals surface area contributed by atoms with E-state index in [0.29, 0.717) is 5.92 Å². The van der Waals surface area contributed by atoms with Crippen molar-refractivity contribution < 1.29 is 9.47 Å². The van der Waals surface area contributed by atoms with Crippen LogP contribution in [0.25, 0.3) is 0 Å². The van der Waals surface area contributed by atoms with Crippen molar-refractivity contribution in [3.8, 4) is 0 Å². The predicted octanol–water partition coefficient (Wildman–Crippen LogP) is 1.65. The molecule has 3 unspecified atom stereocenters. The Morgan fingerprint density at radius 2 is 2.50 bits per heavy atom. The number of hydrogen-bond acceptors (Lipinski definition) is 4. The van der Waals surface area contributed by atoms with E-state index in [-0.39, 0.29) is 11.6 Å². The zero-order chi connectivity index (χ0) is 11.4. The first kappa shape index (κ1) is 12.7. The predicted molar refractivity (Wildman–Crippen MR) is 67.8 cm³/mol. The number of nitrogens with two attached hydrogens (primary N) is 1. The van der Waals surface area contributed by atoms with Crippen LogP contribution in [0.4, 0.5) is 0 Å². The Labute approximate surface area is 102 Å². The molecule has 0 aromatic carbocycles. The number of thioether (sulfide) groups is 1. The average Bonchev–Trinajstić information content (AvgIpc) is 2.74. The van der Waals surface area contributed by atoms with Crippen LogP contribution in [0.15, 0.2) is 0 Å². The van der Waals surface area contributed by atoms with Crippen LogP contribution in [-0.4, -0.2) is 43.5 Å². The van der Waals surface area contributed by atoms with E-state index in [1.165, 1.54) is 17.9 Å². The van der Waals surface area contributed by atoms with Gasteiger partial charge in [-0.1, -0.05) is 0 Å². The molecular weight excluding hydrogens is 222 g/mol. The second-order valence-corrected chi connectivity index (χ2v) is 6.14. The fourth-order valence-electron chi connectivity index (χ4n) is 2.78. The maximum absolute atomic E-state index is 6.24. The Morgan fingerprint density at radius 1 is 1.62 bits per heavy atom. The first-order chi connectivity index (χ1) is 7.76. The van der Waals surface area contributed by atoms with Crippen molar-refractivity contribution in [2.45, 2.75) is 37.3 Å². The molecule has 0 bridgehead atoms. The van der Waals surface area contributed by atoms with E-state index in [2.05, 4.69) is 0 Å². The minimum Gasteiger partial charge on any atom is -0.385 e. The summed E-state index contributed by atoms with van der Waals surface area (Å²) in [6.45, 7) is 1.67. The normalized spacial score (nSPS) is 36.8. The van der Waals surface area contributed by atoms with Crippen molar-refractivity contribution in [2.75, 3.05) is 31.8 Å².